The second-order valence-corrected chi connectivity index (χ2v) is 8.99. The van der Waals surface area contributed by atoms with Gasteiger partial charge in [-0.3, -0.25) is 0 Å². The van der Waals surface area contributed by atoms with Crippen LogP contribution in [0.5, 0.6) is 5.75 Å². The first kappa shape index (κ1) is 23.8. The van der Waals surface area contributed by atoms with Crippen LogP contribution in [0.4, 0.5) is 0 Å². The molecule has 3 rings (SSSR count). The maximum atomic E-state index is 6.07. The molecule has 3 aromatic rings. The van der Waals surface area contributed by atoms with Crippen molar-refractivity contribution in [3.63, 3.8) is 0 Å². The largest absolute Gasteiger partial charge is 0.467 e. The number of ether oxygens (including phenoxy) is 2. The number of hydrogen-bond donors (Lipinski definition) is 0. The Labute approximate surface area is 181 Å². The first-order chi connectivity index (χ1) is 14.1. The van der Waals surface area contributed by atoms with Gasteiger partial charge in [-0.2, -0.15) is 0 Å². The van der Waals surface area contributed by atoms with Gasteiger partial charge in [0.2, 0.25) is 0 Å². The molecule has 0 fully saturated rings. The molecule has 3 nitrogen and oxygen atoms in total. The Morgan fingerprint density at radius 2 is 1.73 bits per heavy atom. The van der Waals surface area contributed by atoms with Crippen LogP contribution in [-0.2, 0) is 16.6 Å². The molecule has 1 heterocycles. The standard InChI is InChI=1S/C23H28O3.C4H8/c1-7-16-11-19(17-8-9-21-18(13-17)10-15(2)26-21)22(25-14-24-6)20(12-16)23(3,4)5;1-4(2)3/h8-13H,7,14H2,1-6H3;1H2,2-3H3. The molecule has 1 aromatic heterocycles. The fraction of sp³-hybridized carbons (Fsp3) is 0.407. The van der Waals surface area contributed by atoms with E-state index < -0.39 is 0 Å². The Morgan fingerprint density at radius 1 is 1.07 bits per heavy atom. The van der Waals surface area contributed by atoms with Gasteiger partial charge >= 0.3 is 0 Å². The zero-order chi connectivity index (χ0) is 22.5. The van der Waals surface area contributed by atoms with Crippen LogP contribution in [0.3, 0.4) is 0 Å². The molecule has 0 amide bonds. The number of allylic oxidation sites excluding steroid dienone is 1. The SMILES string of the molecule is C=C(C)C.CCc1cc(-c2ccc3oc(C)cc3c2)c(OCOC)c(C(C)(C)C)c1. The van der Waals surface area contributed by atoms with E-state index in [2.05, 4.69) is 64.6 Å². The minimum absolute atomic E-state index is 0.0284. The van der Waals surface area contributed by atoms with Crippen LogP contribution >= 0.6 is 0 Å². The Bertz CT molecular complexity index is 999. The van der Waals surface area contributed by atoms with E-state index in [4.69, 9.17) is 13.9 Å². The number of rotatable bonds is 5. The topological polar surface area (TPSA) is 31.6 Å². The van der Waals surface area contributed by atoms with Crippen LogP contribution in [0.2, 0.25) is 0 Å². The van der Waals surface area contributed by atoms with Crippen molar-refractivity contribution in [1.29, 1.82) is 0 Å². The summed E-state index contributed by atoms with van der Waals surface area (Å²) in [4.78, 5) is 0. The summed E-state index contributed by atoms with van der Waals surface area (Å²) >= 11 is 0. The van der Waals surface area contributed by atoms with Crippen LogP contribution in [0.25, 0.3) is 22.1 Å². The molecule has 0 unspecified atom stereocenters. The van der Waals surface area contributed by atoms with Gasteiger partial charge in [-0.15, -0.1) is 6.58 Å². The van der Waals surface area contributed by atoms with Crippen molar-refractivity contribution in [1.82, 2.24) is 0 Å². The lowest BCUT2D eigenvalue weighted by Gasteiger charge is -2.26. The summed E-state index contributed by atoms with van der Waals surface area (Å²) in [6, 6.07) is 12.9. The molecule has 162 valence electrons. The quantitative estimate of drug-likeness (QED) is 0.318. The summed E-state index contributed by atoms with van der Waals surface area (Å²) in [7, 11) is 1.65. The normalized spacial score (nSPS) is 11.2. The van der Waals surface area contributed by atoms with E-state index in [9.17, 15) is 0 Å². The van der Waals surface area contributed by atoms with E-state index in [1.165, 1.54) is 16.7 Å². The van der Waals surface area contributed by atoms with E-state index in [1.54, 1.807) is 7.11 Å². The van der Waals surface area contributed by atoms with Crippen molar-refractivity contribution in [2.24, 2.45) is 0 Å². The molecule has 0 aliphatic carbocycles. The van der Waals surface area contributed by atoms with Gasteiger partial charge in [-0.05, 0) is 68.0 Å². The van der Waals surface area contributed by atoms with E-state index in [0.717, 1.165) is 40.0 Å². The number of aryl methyl sites for hydroxylation is 2. The number of furan rings is 1. The molecule has 0 N–H and O–H groups in total. The third-order valence-electron chi connectivity index (χ3n) is 4.64. The fourth-order valence-electron chi connectivity index (χ4n) is 3.28. The lowest BCUT2D eigenvalue weighted by Crippen LogP contribution is -2.15. The van der Waals surface area contributed by atoms with Gasteiger partial charge in [0.05, 0.1) is 0 Å². The van der Waals surface area contributed by atoms with Gasteiger partial charge < -0.3 is 13.9 Å². The zero-order valence-corrected chi connectivity index (χ0v) is 19.8. The van der Waals surface area contributed by atoms with Crippen LogP contribution < -0.4 is 4.74 Å². The highest BCUT2D eigenvalue weighted by atomic mass is 16.7. The van der Waals surface area contributed by atoms with Crippen molar-refractivity contribution in [2.75, 3.05) is 13.9 Å². The van der Waals surface area contributed by atoms with Gasteiger partial charge in [0.15, 0.2) is 6.79 Å². The number of hydrogen-bond acceptors (Lipinski definition) is 3. The predicted octanol–water partition coefficient (Wildman–Crippen LogP) is 7.83. The van der Waals surface area contributed by atoms with Crippen molar-refractivity contribution < 1.29 is 13.9 Å². The molecule has 0 saturated heterocycles. The van der Waals surface area contributed by atoms with Crippen molar-refractivity contribution in [3.05, 3.63) is 65.4 Å². The van der Waals surface area contributed by atoms with Gasteiger partial charge in [0, 0.05) is 23.6 Å². The summed E-state index contributed by atoms with van der Waals surface area (Å²) in [5, 5.41) is 1.11. The lowest BCUT2D eigenvalue weighted by atomic mass is 9.82. The highest BCUT2D eigenvalue weighted by Gasteiger charge is 2.23. The number of methoxy groups -OCH3 is 1. The molecule has 0 saturated carbocycles. The third kappa shape index (κ3) is 5.99. The van der Waals surface area contributed by atoms with Crippen LogP contribution in [0.1, 0.15) is 58.4 Å². The summed E-state index contributed by atoms with van der Waals surface area (Å²) in [6.07, 6.45) is 0.980. The number of fused-ring (bicyclic) bond motifs is 1. The molecule has 3 heteroatoms. The molecule has 30 heavy (non-hydrogen) atoms. The zero-order valence-electron chi connectivity index (χ0n) is 19.8. The monoisotopic (exact) mass is 408 g/mol. The van der Waals surface area contributed by atoms with E-state index in [0.29, 0.717) is 0 Å². The minimum Gasteiger partial charge on any atom is -0.467 e. The van der Waals surface area contributed by atoms with Gasteiger partial charge in [0.1, 0.15) is 17.1 Å². The molecule has 0 atom stereocenters. The van der Waals surface area contributed by atoms with Crippen LogP contribution in [0.15, 0.2) is 53.0 Å². The second kappa shape index (κ2) is 9.99. The van der Waals surface area contributed by atoms with Crippen molar-refractivity contribution >= 4 is 11.0 Å². The molecular formula is C27H36O3. The molecule has 0 radical (unpaired) electrons. The molecular weight excluding hydrogens is 372 g/mol. The van der Waals surface area contributed by atoms with Crippen molar-refractivity contribution in [2.45, 2.75) is 60.3 Å². The maximum Gasteiger partial charge on any atom is 0.188 e. The molecule has 0 bridgehead atoms. The van der Waals surface area contributed by atoms with E-state index in [1.807, 2.05) is 26.8 Å². The van der Waals surface area contributed by atoms with Gasteiger partial charge in [-0.1, -0.05) is 45.4 Å². The average molecular weight is 409 g/mol. The van der Waals surface area contributed by atoms with Crippen LogP contribution in [0, 0.1) is 6.92 Å². The summed E-state index contributed by atoms with van der Waals surface area (Å²) < 4.78 is 17.0. The molecule has 0 aliphatic heterocycles. The van der Waals surface area contributed by atoms with Gasteiger partial charge in [-0.25, -0.2) is 0 Å². The molecule has 2 aromatic carbocycles. The van der Waals surface area contributed by atoms with E-state index in [-0.39, 0.29) is 12.2 Å². The van der Waals surface area contributed by atoms with Crippen LogP contribution in [-0.4, -0.2) is 13.9 Å². The van der Waals surface area contributed by atoms with Gasteiger partial charge in [0.25, 0.3) is 0 Å². The summed E-state index contributed by atoms with van der Waals surface area (Å²) in [5.41, 5.74) is 6.79. The number of benzene rings is 2. The Kier molecular flexibility index (Phi) is 7.91. The molecule has 0 aliphatic rings. The average Bonchev–Trinajstić information content (AvgIpc) is 3.03. The Hall–Kier alpha value is -2.52. The second-order valence-electron chi connectivity index (χ2n) is 8.99. The maximum absolute atomic E-state index is 6.07. The summed E-state index contributed by atoms with van der Waals surface area (Å²) in [5.74, 6) is 1.82. The minimum atomic E-state index is -0.0284. The first-order valence-electron chi connectivity index (χ1n) is 10.5. The first-order valence-corrected chi connectivity index (χ1v) is 10.5. The van der Waals surface area contributed by atoms with E-state index >= 15 is 0 Å². The smallest absolute Gasteiger partial charge is 0.188 e. The summed E-state index contributed by atoms with van der Waals surface area (Å²) in [6.45, 7) is 18.5. The lowest BCUT2D eigenvalue weighted by molar-refractivity contribution is 0.0502. The predicted molar refractivity (Wildman–Crippen MR) is 127 cm³/mol. The Balaban J connectivity index is 0.000000735. The fourth-order valence-corrected chi connectivity index (χ4v) is 3.28. The van der Waals surface area contributed by atoms with Crippen molar-refractivity contribution in [3.8, 4) is 16.9 Å². The Morgan fingerprint density at radius 3 is 2.30 bits per heavy atom. The molecule has 0 spiro atoms. The highest BCUT2D eigenvalue weighted by molar-refractivity contribution is 5.86. The highest BCUT2D eigenvalue weighted by Crippen LogP contribution is 2.41. The third-order valence-corrected chi connectivity index (χ3v) is 4.64.